The Morgan fingerprint density at radius 1 is 1.25 bits per heavy atom. The molecule has 0 saturated heterocycles. The molecular weight excluding hydrogens is 284 g/mol. The maximum atomic E-state index is 5.31. The van der Waals surface area contributed by atoms with Gasteiger partial charge in [0.25, 0.3) is 0 Å². The van der Waals surface area contributed by atoms with Crippen molar-refractivity contribution in [3.05, 3.63) is 29.8 Å². The molecule has 0 saturated carbocycles. The minimum absolute atomic E-state index is 0.223. The lowest BCUT2D eigenvalue weighted by molar-refractivity contribution is 0.340. The molecule has 1 rings (SSSR count). The standard InChI is InChI=1S/C9H10Br2O/c1-2-12-8-5-3-7(4-6-8)9(10)11/h3-6,9H,2H2,1H3. The molecule has 1 aromatic rings. The summed E-state index contributed by atoms with van der Waals surface area (Å²) in [6.45, 7) is 2.69. The summed E-state index contributed by atoms with van der Waals surface area (Å²) in [6, 6.07) is 7.99. The third-order valence-electron chi connectivity index (χ3n) is 1.44. The molecule has 0 spiro atoms. The Labute approximate surface area is 89.4 Å². The predicted molar refractivity (Wildman–Crippen MR) is 58.2 cm³/mol. The summed E-state index contributed by atoms with van der Waals surface area (Å²) in [7, 11) is 0. The van der Waals surface area contributed by atoms with Crippen LogP contribution in [0, 0.1) is 0 Å². The molecule has 3 heteroatoms. The summed E-state index contributed by atoms with van der Waals surface area (Å²) in [6.07, 6.45) is 0. The van der Waals surface area contributed by atoms with Gasteiger partial charge in [-0.1, -0.05) is 44.0 Å². The molecular formula is C9H10Br2O. The van der Waals surface area contributed by atoms with Crippen LogP contribution in [0.25, 0.3) is 0 Å². The van der Waals surface area contributed by atoms with Crippen LogP contribution in [0.1, 0.15) is 16.2 Å². The Kier molecular flexibility index (Phi) is 4.09. The largest absolute Gasteiger partial charge is 0.494 e. The van der Waals surface area contributed by atoms with Crippen LogP contribution in [0.4, 0.5) is 0 Å². The van der Waals surface area contributed by atoms with Gasteiger partial charge in [0, 0.05) is 0 Å². The van der Waals surface area contributed by atoms with Crippen LogP contribution >= 0.6 is 31.9 Å². The van der Waals surface area contributed by atoms with E-state index in [4.69, 9.17) is 4.74 Å². The van der Waals surface area contributed by atoms with Crippen molar-refractivity contribution in [2.75, 3.05) is 6.61 Å². The highest BCUT2D eigenvalue weighted by molar-refractivity contribution is 9.24. The van der Waals surface area contributed by atoms with Crippen LogP contribution in [0.15, 0.2) is 24.3 Å². The van der Waals surface area contributed by atoms with Crippen molar-refractivity contribution in [3.8, 4) is 5.75 Å². The second-order valence-corrected chi connectivity index (χ2v) is 5.36. The van der Waals surface area contributed by atoms with Crippen molar-refractivity contribution in [2.45, 2.75) is 10.7 Å². The van der Waals surface area contributed by atoms with E-state index >= 15 is 0 Å². The second-order valence-electron chi connectivity index (χ2n) is 2.30. The van der Waals surface area contributed by atoms with Gasteiger partial charge in [0.1, 0.15) is 5.75 Å². The van der Waals surface area contributed by atoms with E-state index in [0.717, 1.165) is 5.75 Å². The van der Waals surface area contributed by atoms with Crippen LogP contribution in [0.5, 0.6) is 5.75 Å². The summed E-state index contributed by atoms with van der Waals surface area (Å²) >= 11 is 6.84. The normalized spacial score (nSPS) is 10.3. The molecule has 0 aromatic heterocycles. The fourth-order valence-electron chi connectivity index (χ4n) is 0.876. The van der Waals surface area contributed by atoms with E-state index in [2.05, 4.69) is 31.9 Å². The first-order chi connectivity index (χ1) is 5.74. The third kappa shape index (κ3) is 2.79. The lowest BCUT2D eigenvalue weighted by Gasteiger charge is -2.04. The van der Waals surface area contributed by atoms with Gasteiger partial charge in [0.2, 0.25) is 0 Å². The highest BCUT2D eigenvalue weighted by atomic mass is 79.9. The van der Waals surface area contributed by atoms with Gasteiger partial charge in [0.05, 0.1) is 10.3 Å². The molecule has 0 amide bonds. The first kappa shape index (κ1) is 10.1. The molecule has 0 aliphatic rings. The highest BCUT2D eigenvalue weighted by Crippen LogP contribution is 2.29. The predicted octanol–water partition coefficient (Wildman–Crippen LogP) is 3.87. The Bertz CT molecular complexity index is 231. The lowest BCUT2D eigenvalue weighted by Crippen LogP contribution is -1.91. The van der Waals surface area contributed by atoms with Gasteiger partial charge in [-0.3, -0.25) is 0 Å². The molecule has 0 radical (unpaired) electrons. The maximum Gasteiger partial charge on any atom is 0.119 e. The summed E-state index contributed by atoms with van der Waals surface area (Å²) < 4.78 is 5.53. The van der Waals surface area contributed by atoms with Crippen molar-refractivity contribution in [1.29, 1.82) is 0 Å². The molecule has 66 valence electrons. The van der Waals surface area contributed by atoms with E-state index in [1.54, 1.807) is 0 Å². The van der Waals surface area contributed by atoms with Crippen molar-refractivity contribution < 1.29 is 4.74 Å². The van der Waals surface area contributed by atoms with E-state index in [0.29, 0.717) is 6.61 Å². The molecule has 1 nitrogen and oxygen atoms in total. The topological polar surface area (TPSA) is 9.23 Å². The molecule has 0 atom stereocenters. The summed E-state index contributed by atoms with van der Waals surface area (Å²) in [5, 5.41) is 0. The number of alkyl halides is 2. The molecule has 0 aliphatic carbocycles. The average molecular weight is 294 g/mol. The number of ether oxygens (including phenoxy) is 1. The Morgan fingerprint density at radius 3 is 2.25 bits per heavy atom. The number of hydrogen-bond acceptors (Lipinski definition) is 1. The zero-order chi connectivity index (χ0) is 8.97. The van der Waals surface area contributed by atoms with E-state index in [9.17, 15) is 0 Å². The first-order valence-corrected chi connectivity index (χ1v) is 5.58. The van der Waals surface area contributed by atoms with Gasteiger partial charge < -0.3 is 4.74 Å². The molecule has 0 heterocycles. The van der Waals surface area contributed by atoms with Crippen LogP contribution in [0.3, 0.4) is 0 Å². The van der Waals surface area contributed by atoms with Gasteiger partial charge in [0.15, 0.2) is 0 Å². The fraction of sp³-hybridized carbons (Fsp3) is 0.333. The maximum absolute atomic E-state index is 5.31. The minimum Gasteiger partial charge on any atom is -0.494 e. The highest BCUT2D eigenvalue weighted by Gasteiger charge is 2.01. The van der Waals surface area contributed by atoms with Crippen molar-refractivity contribution >= 4 is 31.9 Å². The summed E-state index contributed by atoms with van der Waals surface area (Å²) in [5.74, 6) is 0.918. The van der Waals surface area contributed by atoms with Crippen molar-refractivity contribution in [2.24, 2.45) is 0 Å². The minimum atomic E-state index is 0.223. The first-order valence-electron chi connectivity index (χ1n) is 3.75. The van der Waals surface area contributed by atoms with Crippen LogP contribution < -0.4 is 4.74 Å². The summed E-state index contributed by atoms with van der Waals surface area (Å²) in [5.41, 5.74) is 1.19. The number of halogens is 2. The monoisotopic (exact) mass is 292 g/mol. The smallest absolute Gasteiger partial charge is 0.119 e. The Morgan fingerprint density at radius 2 is 1.83 bits per heavy atom. The molecule has 12 heavy (non-hydrogen) atoms. The summed E-state index contributed by atoms with van der Waals surface area (Å²) in [4.78, 5) is 0. The molecule has 0 aliphatic heterocycles. The molecule has 1 aromatic carbocycles. The zero-order valence-electron chi connectivity index (χ0n) is 6.76. The second kappa shape index (κ2) is 4.87. The van der Waals surface area contributed by atoms with Gasteiger partial charge in [-0.05, 0) is 24.6 Å². The molecule has 0 N–H and O–H groups in total. The van der Waals surface area contributed by atoms with E-state index < -0.39 is 0 Å². The molecule has 0 unspecified atom stereocenters. The third-order valence-corrected chi connectivity index (χ3v) is 2.50. The van der Waals surface area contributed by atoms with Crippen LogP contribution in [0.2, 0.25) is 0 Å². The fourth-order valence-corrected chi connectivity index (χ4v) is 1.49. The average Bonchev–Trinajstić information content (AvgIpc) is 2.06. The molecule has 0 bridgehead atoms. The Balaban J connectivity index is 2.71. The van der Waals surface area contributed by atoms with Gasteiger partial charge in [-0.25, -0.2) is 0 Å². The zero-order valence-corrected chi connectivity index (χ0v) is 9.93. The number of rotatable bonds is 3. The Hall–Kier alpha value is -0.0200. The van der Waals surface area contributed by atoms with Crippen LogP contribution in [-0.2, 0) is 0 Å². The van der Waals surface area contributed by atoms with Crippen LogP contribution in [-0.4, -0.2) is 6.61 Å². The van der Waals surface area contributed by atoms with Gasteiger partial charge in [-0.15, -0.1) is 0 Å². The quantitative estimate of drug-likeness (QED) is 0.769. The SMILES string of the molecule is CCOc1ccc(C(Br)Br)cc1. The van der Waals surface area contributed by atoms with Gasteiger partial charge in [-0.2, -0.15) is 0 Å². The number of hydrogen-bond donors (Lipinski definition) is 0. The van der Waals surface area contributed by atoms with E-state index in [-0.39, 0.29) is 3.74 Å². The van der Waals surface area contributed by atoms with E-state index in [1.165, 1.54) is 5.56 Å². The number of benzene rings is 1. The van der Waals surface area contributed by atoms with E-state index in [1.807, 2.05) is 31.2 Å². The molecule has 0 fully saturated rings. The van der Waals surface area contributed by atoms with Crippen molar-refractivity contribution in [1.82, 2.24) is 0 Å². The van der Waals surface area contributed by atoms with Crippen molar-refractivity contribution in [3.63, 3.8) is 0 Å². The lowest BCUT2D eigenvalue weighted by atomic mass is 10.2. The van der Waals surface area contributed by atoms with Gasteiger partial charge >= 0.3 is 0 Å².